The summed E-state index contributed by atoms with van der Waals surface area (Å²) in [5, 5.41) is 0. The van der Waals surface area contributed by atoms with Crippen LogP contribution in [0.15, 0.2) is 55.1 Å². The zero-order chi connectivity index (χ0) is 23.6. The summed E-state index contributed by atoms with van der Waals surface area (Å²) < 4.78 is 24.4. The van der Waals surface area contributed by atoms with Crippen molar-refractivity contribution in [3.63, 3.8) is 0 Å². The molecule has 0 spiro atoms. The molecule has 2 aliphatic heterocycles. The van der Waals surface area contributed by atoms with Gasteiger partial charge in [-0.2, -0.15) is 0 Å². The van der Waals surface area contributed by atoms with Crippen LogP contribution >= 0.6 is 0 Å². The molecule has 0 amide bonds. The molecule has 5 heteroatoms. The van der Waals surface area contributed by atoms with Gasteiger partial charge in [-0.05, 0) is 63.4 Å². The number of aryl methyl sites for hydroxylation is 1. The number of carbonyl (C=O) groups excluding carboxylic acids is 1. The molecule has 2 saturated heterocycles. The molecule has 1 aromatic rings. The first-order valence-electron chi connectivity index (χ1n) is 13.1. The molecule has 0 radical (unpaired) electrons. The third-order valence-corrected chi connectivity index (χ3v) is 7.17. The summed E-state index contributed by atoms with van der Waals surface area (Å²) in [6.45, 7) is 5.38. The Morgan fingerprint density at radius 1 is 1.03 bits per heavy atom. The van der Waals surface area contributed by atoms with E-state index in [9.17, 15) is 4.79 Å². The highest BCUT2D eigenvalue weighted by Gasteiger charge is 2.42. The highest BCUT2D eigenvalue weighted by molar-refractivity contribution is 5.84. The van der Waals surface area contributed by atoms with Crippen molar-refractivity contribution < 1.29 is 23.7 Å². The molecule has 3 aliphatic rings. The number of hydrogen-bond acceptors (Lipinski definition) is 5. The van der Waals surface area contributed by atoms with Gasteiger partial charge in [0.2, 0.25) is 0 Å². The van der Waals surface area contributed by atoms with E-state index in [-0.39, 0.29) is 42.4 Å². The fourth-order valence-electron chi connectivity index (χ4n) is 5.27. The van der Waals surface area contributed by atoms with Crippen LogP contribution in [0.5, 0.6) is 0 Å². The van der Waals surface area contributed by atoms with Gasteiger partial charge in [0.25, 0.3) is 0 Å². The molecule has 6 atom stereocenters. The zero-order valence-corrected chi connectivity index (χ0v) is 20.3. The minimum Gasteiger partial charge on any atom is -0.353 e. The van der Waals surface area contributed by atoms with Gasteiger partial charge in [0, 0.05) is 31.5 Å². The van der Waals surface area contributed by atoms with Gasteiger partial charge in [0.1, 0.15) is 5.78 Å². The fourth-order valence-corrected chi connectivity index (χ4v) is 5.27. The normalized spacial score (nSPS) is 31.1. The largest absolute Gasteiger partial charge is 0.353 e. The van der Waals surface area contributed by atoms with E-state index in [2.05, 4.69) is 43.0 Å². The van der Waals surface area contributed by atoms with Crippen molar-refractivity contribution >= 4 is 5.78 Å². The number of carbonyl (C=O) groups is 1. The maximum Gasteiger partial charge on any atom is 0.158 e. The van der Waals surface area contributed by atoms with Crippen molar-refractivity contribution in [1.29, 1.82) is 0 Å². The molecule has 34 heavy (non-hydrogen) atoms. The van der Waals surface area contributed by atoms with E-state index in [1.807, 2.05) is 12.1 Å². The fraction of sp³-hybridized carbons (Fsp3) is 0.621. The van der Waals surface area contributed by atoms with Gasteiger partial charge in [-0.25, -0.2) is 0 Å². The van der Waals surface area contributed by atoms with E-state index in [4.69, 9.17) is 18.9 Å². The van der Waals surface area contributed by atoms with Gasteiger partial charge < -0.3 is 18.9 Å². The first kappa shape index (κ1) is 25.3. The highest BCUT2D eigenvalue weighted by atomic mass is 16.7. The van der Waals surface area contributed by atoms with Gasteiger partial charge in [-0.15, -0.1) is 6.58 Å². The SMILES string of the molecule is C=CC[C@H]1C(=O)C[C@@H](OC2CCCCO2)[C@@H]1C=C[C@H](CCc1ccccc1)OC1CCCCO1. The topological polar surface area (TPSA) is 54.0 Å². The first-order chi connectivity index (χ1) is 16.7. The predicted octanol–water partition coefficient (Wildman–Crippen LogP) is 5.78. The van der Waals surface area contributed by atoms with Crippen LogP contribution in [0, 0.1) is 11.8 Å². The minimum absolute atomic E-state index is 0.00567. The van der Waals surface area contributed by atoms with Crippen LogP contribution in [-0.2, 0) is 30.2 Å². The summed E-state index contributed by atoms with van der Waals surface area (Å²) in [6.07, 6.45) is 14.7. The Kier molecular flexibility index (Phi) is 9.93. The van der Waals surface area contributed by atoms with E-state index in [0.717, 1.165) is 64.6 Å². The molecule has 2 heterocycles. The maximum absolute atomic E-state index is 12.8. The second-order valence-corrected chi connectivity index (χ2v) is 9.73. The molecule has 0 aromatic heterocycles. The number of hydrogen-bond donors (Lipinski definition) is 0. The van der Waals surface area contributed by atoms with Crippen LogP contribution < -0.4 is 0 Å². The lowest BCUT2D eigenvalue weighted by Crippen LogP contribution is -2.31. The van der Waals surface area contributed by atoms with Crippen LogP contribution in [-0.4, -0.2) is 43.8 Å². The summed E-state index contributed by atoms with van der Waals surface area (Å²) >= 11 is 0. The lowest BCUT2D eigenvalue weighted by Gasteiger charge is -2.29. The Bertz CT molecular complexity index is 779. The number of rotatable bonds is 11. The predicted molar refractivity (Wildman–Crippen MR) is 132 cm³/mol. The van der Waals surface area contributed by atoms with E-state index >= 15 is 0 Å². The van der Waals surface area contributed by atoms with Crippen molar-refractivity contribution in [2.75, 3.05) is 13.2 Å². The number of Topliss-reactive ketones (excluding diaryl/α,β-unsaturated/α-hetero) is 1. The van der Waals surface area contributed by atoms with Crippen LogP contribution in [0.1, 0.15) is 63.4 Å². The molecule has 2 unspecified atom stereocenters. The molecule has 1 aromatic carbocycles. The Balaban J connectivity index is 1.46. The lowest BCUT2D eigenvalue weighted by atomic mass is 9.90. The maximum atomic E-state index is 12.8. The summed E-state index contributed by atoms with van der Waals surface area (Å²) in [5.74, 6) is 0.168. The van der Waals surface area contributed by atoms with Gasteiger partial charge in [0.15, 0.2) is 12.6 Å². The molecule has 0 bridgehead atoms. The molecule has 5 nitrogen and oxygen atoms in total. The minimum atomic E-state index is -0.203. The number of allylic oxidation sites excluding steroid dienone is 1. The van der Waals surface area contributed by atoms with E-state index < -0.39 is 0 Å². The monoisotopic (exact) mass is 468 g/mol. The average molecular weight is 469 g/mol. The number of benzene rings is 1. The molecular formula is C29H40O5. The smallest absolute Gasteiger partial charge is 0.158 e. The standard InChI is InChI=1S/C29H40O5/c1-2-10-24-25(27(21-26(24)30)34-29-14-7-9-20-32-29)18-17-23(33-28-13-6-8-19-31-28)16-15-22-11-4-3-5-12-22/h2-5,11-12,17-18,23-25,27-29H,1,6-10,13-16,19-21H2/t23-,24+,25+,27+,28?,29?/m0/s1. The van der Waals surface area contributed by atoms with Gasteiger partial charge in [-0.1, -0.05) is 48.6 Å². The summed E-state index contributed by atoms with van der Waals surface area (Å²) in [4.78, 5) is 12.8. The molecule has 1 saturated carbocycles. The van der Waals surface area contributed by atoms with Crippen molar-refractivity contribution in [2.45, 2.75) is 89.0 Å². The van der Waals surface area contributed by atoms with Gasteiger partial charge in [0.05, 0.1) is 12.2 Å². The third kappa shape index (κ3) is 7.35. The van der Waals surface area contributed by atoms with Crippen molar-refractivity contribution in [1.82, 2.24) is 0 Å². The Morgan fingerprint density at radius 3 is 2.44 bits per heavy atom. The summed E-state index contributed by atoms with van der Waals surface area (Å²) in [5.41, 5.74) is 1.30. The van der Waals surface area contributed by atoms with Crippen LogP contribution in [0.3, 0.4) is 0 Å². The van der Waals surface area contributed by atoms with E-state index in [0.29, 0.717) is 12.8 Å². The molecule has 186 valence electrons. The highest BCUT2D eigenvalue weighted by Crippen LogP contribution is 2.37. The van der Waals surface area contributed by atoms with Crippen LogP contribution in [0.4, 0.5) is 0 Å². The van der Waals surface area contributed by atoms with Crippen molar-refractivity contribution in [2.24, 2.45) is 11.8 Å². The van der Waals surface area contributed by atoms with E-state index in [1.165, 1.54) is 5.56 Å². The van der Waals surface area contributed by atoms with Crippen molar-refractivity contribution in [3.8, 4) is 0 Å². The molecular weight excluding hydrogens is 428 g/mol. The quantitative estimate of drug-likeness (QED) is 0.385. The van der Waals surface area contributed by atoms with Crippen molar-refractivity contribution in [3.05, 3.63) is 60.7 Å². The zero-order valence-electron chi connectivity index (χ0n) is 20.3. The average Bonchev–Trinajstić information content (AvgIpc) is 3.16. The first-order valence-corrected chi connectivity index (χ1v) is 13.1. The Labute approximate surface area is 204 Å². The Hall–Kier alpha value is -1.79. The van der Waals surface area contributed by atoms with Crippen LogP contribution in [0.2, 0.25) is 0 Å². The molecule has 3 fully saturated rings. The van der Waals surface area contributed by atoms with E-state index in [1.54, 1.807) is 0 Å². The lowest BCUT2D eigenvalue weighted by molar-refractivity contribution is -0.192. The summed E-state index contributed by atoms with van der Waals surface area (Å²) in [7, 11) is 0. The van der Waals surface area contributed by atoms with Gasteiger partial charge in [-0.3, -0.25) is 4.79 Å². The molecule has 0 N–H and O–H groups in total. The molecule has 1 aliphatic carbocycles. The third-order valence-electron chi connectivity index (χ3n) is 7.17. The van der Waals surface area contributed by atoms with Crippen LogP contribution in [0.25, 0.3) is 0 Å². The summed E-state index contributed by atoms with van der Waals surface area (Å²) in [6, 6.07) is 10.5. The Morgan fingerprint density at radius 2 is 1.76 bits per heavy atom. The second-order valence-electron chi connectivity index (χ2n) is 9.73. The second kappa shape index (κ2) is 13.3. The molecule has 4 rings (SSSR count). The number of ether oxygens (including phenoxy) is 4. The number of ketones is 1. The van der Waals surface area contributed by atoms with Gasteiger partial charge >= 0.3 is 0 Å².